The summed E-state index contributed by atoms with van der Waals surface area (Å²) in [5, 5.41) is 0. The molecule has 1 nitrogen and oxygen atoms in total. The van der Waals surface area contributed by atoms with Gasteiger partial charge in [0.25, 0.3) is 0 Å². The Morgan fingerprint density at radius 2 is 1.90 bits per heavy atom. The highest BCUT2D eigenvalue weighted by Crippen LogP contribution is 2.12. The molecule has 54 valence electrons. The fraction of sp³-hybridized carbons (Fsp3) is 0.375. The normalized spacial score (nSPS) is 10.0. The molecule has 1 rings (SSSR count). The standard InChI is InChI=1S/C8H10IN/c1-5-4-8(9)10-7(3)6(5)2/h4H,1-3H3. The molecule has 10 heavy (non-hydrogen) atoms. The van der Waals surface area contributed by atoms with E-state index in [9.17, 15) is 0 Å². The predicted octanol–water partition coefficient (Wildman–Crippen LogP) is 2.61. The van der Waals surface area contributed by atoms with Gasteiger partial charge in [-0.15, -0.1) is 0 Å². The van der Waals surface area contributed by atoms with E-state index in [0.717, 1.165) is 9.39 Å². The summed E-state index contributed by atoms with van der Waals surface area (Å²) < 4.78 is 1.08. The number of aromatic nitrogens is 1. The SMILES string of the molecule is Cc1cc(I)nc(C)c1C. The molecule has 0 N–H and O–H groups in total. The minimum Gasteiger partial charge on any atom is -0.247 e. The van der Waals surface area contributed by atoms with Gasteiger partial charge in [0, 0.05) is 5.69 Å². The number of aryl methyl sites for hydroxylation is 2. The summed E-state index contributed by atoms with van der Waals surface area (Å²) in [6.07, 6.45) is 0. The molecule has 1 aromatic heterocycles. The van der Waals surface area contributed by atoms with Crippen LogP contribution < -0.4 is 0 Å². The molecular formula is C8H10IN. The maximum absolute atomic E-state index is 4.32. The summed E-state index contributed by atoms with van der Waals surface area (Å²) in [6.45, 7) is 6.27. The molecule has 0 aliphatic carbocycles. The number of rotatable bonds is 0. The quantitative estimate of drug-likeness (QED) is 0.507. The monoisotopic (exact) mass is 247 g/mol. The lowest BCUT2D eigenvalue weighted by molar-refractivity contribution is 1.09. The van der Waals surface area contributed by atoms with E-state index < -0.39 is 0 Å². The van der Waals surface area contributed by atoms with Gasteiger partial charge < -0.3 is 0 Å². The van der Waals surface area contributed by atoms with Crippen LogP contribution in [0.3, 0.4) is 0 Å². The molecule has 0 bridgehead atoms. The second kappa shape index (κ2) is 2.86. The molecule has 0 atom stereocenters. The second-order valence-electron chi connectivity index (χ2n) is 2.47. The van der Waals surface area contributed by atoms with Crippen molar-refractivity contribution in [2.45, 2.75) is 20.8 Å². The first-order valence-electron chi connectivity index (χ1n) is 3.21. The van der Waals surface area contributed by atoms with E-state index in [1.807, 2.05) is 6.92 Å². The number of nitrogens with zero attached hydrogens (tertiary/aromatic N) is 1. The molecule has 0 radical (unpaired) electrons. The van der Waals surface area contributed by atoms with Crippen molar-refractivity contribution < 1.29 is 0 Å². The Balaban J connectivity index is 3.31. The zero-order valence-corrected chi connectivity index (χ0v) is 8.56. The summed E-state index contributed by atoms with van der Waals surface area (Å²) in [5.41, 5.74) is 3.78. The lowest BCUT2D eigenvalue weighted by Crippen LogP contribution is -1.92. The molecule has 0 fully saturated rings. The molecule has 0 spiro atoms. The first-order chi connectivity index (χ1) is 4.61. The average Bonchev–Trinajstić information content (AvgIpc) is 1.82. The Labute approximate surface area is 75.0 Å². The Morgan fingerprint density at radius 1 is 1.30 bits per heavy atom. The Hall–Kier alpha value is -0.120. The number of hydrogen-bond donors (Lipinski definition) is 0. The maximum Gasteiger partial charge on any atom is 0.101 e. The molecule has 1 aromatic rings. The van der Waals surface area contributed by atoms with Crippen molar-refractivity contribution in [1.29, 1.82) is 0 Å². The summed E-state index contributed by atoms with van der Waals surface area (Å²) in [7, 11) is 0. The van der Waals surface area contributed by atoms with Crippen molar-refractivity contribution >= 4 is 22.6 Å². The van der Waals surface area contributed by atoms with Crippen LogP contribution in [0.4, 0.5) is 0 Å². The largest absolute Gasteiger partial charge is 0.247 e. The van der Waals surface area contributed by atoms with Gasteiger partial charge in [-0.25, -0.2) is 4.98 Å². The third-order valence-corrected chi connectivity index (χ3v) is 2.30. The van der Waals surface area contributed by atoms with Crippen LogP contribution in [-0.2, 0) is 0 Å². The molecule has 0 aliphatic heterocycles. The van der Waals surface area contributed by atoms with Crippen molar-refractivity contribution in [2.75, 3.05) is 0 Å². The van der Waals surface area contributed by atoms with E-state index in [1.165, 1.54) is 11.1 Å². The smallest absolute Gasteiger partial charge is 0.101 e. The first-order valence-corrected chi connectivity index (χ1v) is 4.29. The van der Waals surface area contributed by atoms with Crippen LogP contribution in [0, 0.1) is 24.5 Å². The summed E-state index contributed by atoms with van der Waals surface area (Å²) in [6, 6.07) is 2.10. The Morgan fingerprint density at radius 3 is 2.40 bits per heavy atom. The van der Waals surface area contributed by atoms with Crippen LogP contribution in [0.2, 0.25) is 0 Å². The van der Waals surface area contributed by atoms with Crippen LogP contribution in [0.1, 0.15) is 16.8 Å². The van der Waals surface area contributed by atoms with Gasteiger partial charge >= 0.3 is 0 Å². The summed E-state index contributed by atoms with van der Waals surface area (Å²) >= 11 is 2.24. The molecule has 0 unspecified atom stereocenters. The van der Waals surface area contributed by atoms with Crippen molar-refractivity contribution in [1.82, 2.24) is 4.98 Å². The van der Waals surface area contributed by atoms with E-state index in [0.29, 0.717) is 0 Å². The molecule has 1 heterocycles. The van der Waals surface area contributed by atoms with Crippen LogP contribution in [0.25, 0.3) is 0 Å². The molecule has 0 aliphatic rings. The van der Waals surface area contributed by atoms with Crippen LogP contribution in [0.15, 0.2) is 6.07 Å². The zero-order chi connectivity index (χ0) is 7.72. The first kappa shape index (κ1) is 7.98. The predicted molar refractivity (Wildman–Crippen MR) is 51.2 cm³/mol. The highest BCUT2D eigenvalue weighted by Gasteiger charge is 1.98. The third-order valence-electron chi connectivity index (χ3n) is 1.74. The summed E-state index contributed by atoms with van der Waals surface area (Å²) in [4.78, 5) is 4.32. The van der Waals surface area contributed by atoms with Gasteiger partial charge in [0.15, 0.2) is 0 Å². The molecule has 0 amide bonds. The van der Waals surface area contributed by atoms with Crippen molar-refractivity contribution in [2.24, 2.45) is 0 Å². The van der Waals surface area contributed by atoms with Gasteiger partial charge in [-0.2, -0.15) is 0 Å². The number of hydrogen-bond acceptors (Lipinski definition) is 1. The van der Waals surface area contributed by atoms with E-state index in [1.54, 1.807) is 0 Å². The number of halogens is 1. The topological polar surface area (TPSA) is 12.9 Å². The van der Waals surface area contributed by atoms with E-state index in [4.69, 9.17) is 0 Å². The van der Waals surface area contributed by atoms with Crippen molar-refractivity contribution in [3.05, 3.63) is 26.6 Å². The van der Waals surface area contributed by atoms with Gasteiger partial charge in [-0.1, -0.05) is 0 Å². The minimum atomic E-state index is 1.08. The molecule has 2 heteroatoms. The van der Waals surface area contributed by atoms with E-state index >= 15 is 0 Å². The number of pyridine rings is 1. The fourth-order valence-corrected chi connectivity index (χ4v) is 1.68. The van der Waals surface area contributed by atoms with E-state index in [2.05, 4.69) is 47.5 Å². The molecule has 0 saturated heterocycles. The van der Waals surface area contributed by atoms with Gasteiger partial charge in [0.2, 0.25) is 0 Å². The van der Waals surface area contributed by atoms with Crippen LogP contribution >= 0.6 is 22.6 Å². The van der Waals surface area contributed by atoms with Gasteiger partial charge in [0.05, 0.1) is 0 Å². The molecule has 0 aromatic carbocycles. The minimum absolute atomic E-state index is 1.08. The average molecular weight is 247 g/mol. The highest BCUT2D eigenvalue weighted by molar-refractivity contribution is 14.1. The Kier molecular flexibility index (Phi) is 2.28. The lowest BCUT2D eigenvalue weighted by Gasteiger charge is -2.02. The van der Waals surface area contributed by atoms with E-state index in [-0.39, 0.29) is 0 Å². The molecule has 0 saturated carbocycles. The zero-order valence-electron chi connectivity index (χ0n) is 6.40. The summed E-state index contributed by atoms with van der Waals surface area (Å²) in [5.74, 6) is 0. The Bertz CT molecular complexity index is 232. The van der Waals surface area contributed by atoms with Gasteiger partial charge in [-0.05, 0) is 60.6 Å². The maximum atomic E-state index is 4.32. The fourth-order valence-electron chi connectivity index (χ4n) is 0.849. The van der Waals surface area contributed by atoms with Crippen LogP contribution in [0.5, 0.6) is 0 Å². The molecular weight excluding hydrogens is 237 g/mol. The van der Waals surface area contributed by atoms with Crippen LogP contribution in [-0.4, -0.2) is 4.98 Å². The van der Waals surface area contributed by atoms with Crippen molar-refractivity contribution in [3.8, 4) is 0 Å². The lowest BCUT2D eigenvalue weighted by atomic mass is 10.1. The third kappa shape index (κ3) is 1.48. The van der Waals surface area contributed by atoms with Gasteiger partial charge in [-0.3, -0.25) is 0 Å². The second-order valence-corrected chi connectivity index (χ2v) is 3.58. The highest BCUT2D eigenvalue weighted by atomic mass is 127. The van der Waals surface area contributed by atoms with Gasteiger partial charge in [0.1, 0.15) is 3.70 Å². The van der Waals surface area contributed by atoms with Crippen molar-refractivity contribution in [3.63, 3.8) is 0 Å².